The Hall–Kier alpha value is -2.68. The average Bonchev–Trinajstić information content (AvgIpc) is 3.13. The Bertz CT molecular complexity index is 1130. The molecule has 4 rings (SSSR count). The van der Waals surface area contributed by atoms with Gasteiger partial charge in [0.25, 0.3) is 11.7 Å². The number of carbonyl (C=O) groups excluding carboxylic acids is 2. The van der Waals surface area contributed by atoms with E-state index in [1.54, 1.807) is 23.1 Å². The Morgan fingerprint density at radius 3 is 2.50 bits per heavy atom. The maximum Gasteiger partial charge on any atom is 0.295 e. The predicted molar refractivity (Wildman–Crippen MR) is 142 cm³/mol. The molecule has 7 nitrogen and oxygen atoms in total. The van der Waals surface area contributed by atoms with Crippen LogP contribution in [-0.2, 0) is 14.3 Å². The Morgan fingerprint density at radius 1 is 1.11 bits per heavy atom. The van der Waals surface area contributed by atoms with Crippen LogP contribution in [0.5, 0.6) is 5.75 Å². The summed E-state index contributed by atoms with van der Waals surface area (Å²) in [4.78, 5) is 30.4. The number of hydrogen-bond acceptors (Lipinski definition) is 6. The number of aliphatic hydroxyl groups excluding tert-OH is 1. The molecule has 0 radical (unpaired) electrons. The Labute approximate surface area is 220 Å². The van der Waals surface area contributed by atoms with Gasteiger partial charge in [0.2, 0.25) is 0 Å². The number of benzene rings is 2. The lowest BCUT2D eigenvalue weighted by Gasteiger charge is -2.29. The van der Waals surface area contributed by atoms with Gasteiger partial charge in [-0.05, 0) is 61.2 Å². The van der Waals surface area contributed by atoms with Crippen molar-refractivity contribution in [1.29, 1.82) is 0 Å². The van der Waals surface area contributed by atoms with Crippen LogP contribution in [0.3, 0.4) is 0 Å². The highest BCUT2D eigenvalue weighted by Gasteiger charge is 2.45. The highest BCUT2D eigenvalue weighted by Crippen LogP contribution is 2.40. The maximum absolute atomic E-state index is 13.3. The molecule has 0 aliphatic carbocycles. The van der Waals surface area contributed by atoms with Crippen LogP contribution in [-0.4, -0.2) is 72.6 Å². The molecule has 192 valence electrons. The second-order valence-corrected chi connectivity index (χ2v) is 10.1. The number of carbonyl (C=O) groups is 2. The van der Waals surface area contributed by atoms with Crippen molar-refractivity contribution in [3.63, 3.8) is 0 Å². The molecule has 2 heterocycles. The molecule has 1 N–H and O–H groups in total. The number of halogens is 1. The number of ether oxygens (including phenoxy) is 2. The molecule has 2 fully saturated rings. The second kappa shape index (κ2) is 12.0. The molecule has 0 saturated carbocycles. The number of rotatable bonds is 9. The van der Waals surface area contributed by atoms with Crippen LogP contribution in [0.25, 0.3) is 5.76 Å². The van der Waals surface area contributed by atoms with Crippen molar-refractivity contribution in [2.24, 2.45) is 0 Å². The highest BCUT2D eigenvalue weighted by molar-refractivity contribution is 9.10. The van der Waals surface area contributed by atoms with E-state index in [1.165, 1.54) is 0 Å². The van der Waals surface area contributed by atoms with Gasteiger partial charge in [0.1, 0.15) is 11.5 Å². The minimum atomic E-state index is -0.657. The summed E-state index contributed by atoms with van der Waals surface area (Å²) in [5.41, 5.74) is 2.25. The van der Waals surface area contributed by atoms with Gasteiger partial charge in [-0.2, -0.15) is 0 Å². The molecule has 1 atom stereocenters. The van der Waals surface area contributed by atoms with Crippen molar-refractivity contribution < 1.29 is 24.2 Å². The quantitative estimate of drug-likeness (QED) is 0.274. The summed E-state index contributed by atoms with van der Waals surface area (Å²) in [6, 6.07) is 12.2. The molecule has 8 heteroatoms. The Morgan fingerprint density at radius 2 is 1.83 bits per heavy atom. The topological polar surface area (TPSA) is 79.3 Å². The summed E-state index contributed by atoms with van der Waals surface area (Å²) in [6.45, 7) is 8.94. The van der Waals surface area contributed by atoms with E-state index in [9.17, 15) is 14.7 Å². The number of aryl methyl sites for hydroxylation is 1. The zero-order valence-corrected chi connectivity index (χ0v) is 22.4. The van der Waals surface area contributed by atoms with Crippen molar-refractivity contribution in [2.75, 3.05) is 46.0 Å². The van der Waals surface area contributed by atoms with Crippen LogP contribution in [0.2, 0.25) is 0 Å². The van der Waals surface area contributed by atoms with Gasteiger partial charge >= 0.3 is 0 Å². The van der Waals surface area contributed by atoms with Crippen LogP contribution in [0, 0.1) is 6.92 Å². The lowest BCUT2D eigenvalue weighted by atomic mass is 9.94. The SMILES string of the molecule is CCCOc1ccc(C(O)=C2C(=O)C(=O)N(CCCN3CCOCC3)[C@@H]2c2ccc(Br)cc2)cc1C. The number of nitrogens with zero attached hydrogens (tertiary/aromatic N) is 2. The van der Waals surface area contributed by atoms with E-state index in [4.69, 9.17) is 9.47 Å². The zero-order valence-electron chi connectivity index (χ0n) is 20.8. The van der Waals surface area contributed by atoms with Crippen LogP contribution in [0.15, 0.2) is 52.5 Å². The van der Waals surface area contributed by atoms with Gasteiger partial charge in [-0.1, -0.05) is 35.0 Å². The molecule has 2 saturated heterocycles. The molecule has 2 aromatic carbocycles. The highest BCUT2D eigenvalue weighted by atomic mass is 79.9. The molecule has 2 aliphatic heterocycles. The minimum absolute atomic E-state index is 0.121. The molecule has 0 bridgehead atoms. The lowest BCUT2D eigenvalue weighted by molar-refractivity contribution is -0.140. The smallest absolute Gasteiger partial charge is 0.295 e. The van der Waals surface area contributed by atoms with Gasteiger partial charge in [0, 0.05) is 36.2 Å². The van der Waals surface area contributed by atoms with Crippen molar-refractivity contribution in [1.82, 2.24) is 9.80 Å². The maximum atomic E-state index is 13.3. The average molecular weight is 557 g/mol. The summed E-state index contributed by atoms with van der Waals surface area (Å²) >= 11 is 3.46. The third kappa shape index (κ3) is 5.82. The number of Topliss-reactive ketones (excluding diaryl/α,β-unsaturated/α-hetero) is 1. The van der Waals surface area contributed by atoms with Crippen molar-refractivity contribution in [3.05, 3.63) is 69.2 Å². The Kier molecular flexibility index (Phi) is 8.82. The third-order valence-corrected chi connectivity index (χ3v) is 7.14. The van der Waals surface area contributed by atoms with Gasteiger partial charge in [-0.25, -0.2) is 0 Å². The van der Waals surface area contributed by atoms with E-state index in [2.05, 4.69) is 20.8 Å². The largest absolute Gasteiger partial charge is 0.507 e. The number of likely N-dealkylation sites (tertiary alicyclic amines) is 1. The van der Waals surface area contributed by atoms with E-state index in [0.717, 1.165) is 53.8 Å². The zero-order chi connectivity index (χ0) is 25.7. The van der Waals surface area contributed by atoms with E-state index in [-0.39, 0.29) is 11.3 Å². The normalized spacial score (nSPS) is 20.2. The van der Waals surface area contributed by atoms with Crippen LogP contribution >= 0.6 is 15.9 Å². The predicted octanol–water partition coefficient (Wildman–Crippen LogP) is 4.69. The van der Waals surface area contributed by atoms with Crippen molar-refractivity contribution in [2.45, 2.75) is 32.7 Å². The number of aliphatic hydroxyl groups is 1. The van der Waals surface area contributed by atoms with Gasteiger partial charge in [0.15, 0.2) is 0 Å². The van der Waals surface area contributed by atoms with Gasteiger partial charge in [0.05, 0.1) is 31.4 Å². The standard InChI is InChI=1S/C28H33BrN2O5/c1-3-15-36-23-10-7-21(18-19(23)2)26(32)24-25(20-5-8-22(29)9-6-20)31(28(34)27(24)33)12-4-11-30-13-16-35-17-14-30/h5-10,18,25,32H,3-4,11-17H2,1-2H3/t25-/m1/s1. The number of ketones is 1. The van der Waals surface area contributed by atoms with E-state index < -0.39 is 17.7 Å². The first-order valence-corrected chi connectivity index (χ1v) is 13.3. The Balaban J connectivity index is 1.66. The summed E-state index contributed by atoms with van der Waals surface area (Å²) in [7, 11) is 0. The fraction of sp³-hybridized carbons (Fsp3) is 0.429. The first kappa shape index (κ1) is 26.4. The van der Waals surface area contributed by atoms with Crippen LogP contribution < -0.4 is 4.74 Å². The number of morpholine rings is 1. The summed E-state index contributed by atoms with van der Waals surface area (Å²) in [5, 5.41) is 11.3. The molecular formula is C28H33BrN2O5. The van der Waals surface area contributed by atoms with Gasteiger partial charge in [-0.3, -0.25) is 14.5 Å². The monoisotopic (exact) mass is 556 g/mol. The lowest BCUT2D eigenvalue weighted by Crippen LogP contribution is -2.38. The number of hydrogen-bond donors (Lipinski definition) is 1. The van der Waals surface area contributed by atoms with Gasteiger partial charge in [-0.15, -0.1) is 0 Å². The molecule has 2 aliphatic rings. The van der Waals surface area contributed by atoms with Crippen molar-refractivity contribution in [3.8, 4) is 5.75 Å². The van der Waals surface area contributed by atoms with E-state index in [0.29, 0.717) is 31.9 Å². The molecule has 0 aromatic heterocycles. The first-order valence-electron chi connectivity index (χ1n) is 12.5. The fourth-order valence-electron chi connectivity index (χ4n) is 4.72. The molecule has 0 unspecified atom stereocenters. The fourth-order valence-corrected chi connectivity index (χ4v) is 4.98. The summed E-state index contributed by atoms with van der Waals surface area (Å²) in [6.07, 6.45) is 1.62. The molecule has 1 amide bonds. The third-order valence-electron chi connectivity index (χ3n) is 6.61. The first-order chi connectivity index (χ1) is 17.4. The van der Waals surface area contributed by atoms with Crippen LogP contribution in [0.4, 0.5) is 0 Å². The van der Waals surface area contributed by atoms with E-state index >= 15 is 0 Å². The second-order valence-electron chi connectivity index (χ2n) is 9.18. The van der Waals surface area contributed by atoms with Crippen molar-refractivity contribution >= 4 is 33.4 Å². The van der Waals surface area contributed by atoms with Crippen LogP contribution in [0.1, 0.15) is 42.5 Å². The molecular weight excluding hydrogens is 524 g/mol. The minimum Gasteiger partial charge on any atom is -0.507 e. The molecule has 2 aromatic rings. The van der Waals surface area contributed by atoms with Gasteiger partial charge < -0.3 is 19.5 Å². The molecule has 36 heavy (non-hydrogen) atoms. The van der Waals surface area contributed by atoms with E-state index in [1.807, 2.05) is 38.1 Å². The summed E-state index contributed by atoms with van der Waals surface area (Å²) < 4.78 is 12.1. The summed E-state index contributed by atoms with van der Waals surface area (Å²) in [5.74, 6) is -0.662. The number of amides is 1. The molecule has 0 spiro atoms.